The van der Waals surface area contributed by atoms with Crippen LogP contribution in [-0.2, 0) is 9.59 Å². The van der Waals surface area contributed by atoms with Crippen molar-refractivity contribution >= 4 is 39.5 Å². The van der Waals surface area contributed by atoms with Crippen LogP contribution in [0.1, 0.15) is 29.2 Å². The fourth-order valence-corrected chi connectivity index (χ4v) is 5.38. The van der Waals surface area contributed by atoms with Crippen molar-refractivity contribution in [2.24, 2.45) is 11.8 Å². The number of imidazole rings is 1. The predicted molar refractivity (Wildman–Crippen MR) is 101 cm³/mol. The highest BCUT2D eigenvalue weighted by Crippen LogP contribution is 2.51. The molecule has 2 aromatic rings. The number of carbonyl (C=O) groups is 3. The van der Waals surface area contributed by atoms with E-state index in [0.29, 0.717) is 21.0 Å². The summed E-state index contributed by atoms with van der Waals surface area (Å²) in [4.78, 5) is 44.9. The lowest BCUT2D eigenvalue weighted by molar-refractivity contribution is -0.163. The Balaban J connectivity index is 1.83. The number of carboxylic acids is 1. The van der Waals surface area contributed by atoms with Crippen LogP contribution in [0.5, 0.6) is 0 Å². The monoisotopic (exact) mass is 404 g/mol. The molecule has 10 heteroatoms. The molecule has 0 unspecified atom stereocenters. The van der Waals surface area contributed by atoms with Crippen molar-refractivity contribution < 1.29 is 24.6 Å². The zero-order chi connectivity index (χ0) is 20.5. The van der Waals surface area contributed by atoms with Crippen LogP contribution in [0.3, 0.4) is 0 Å². The lowest BCUT2D eigenvalue weighted by atomic mass is 9.77. The minimum absolute atomic E-state index is 0.0441. The second-order valence-electron chi connectivity index (χ2n) is 7.42. The van der Waals surface area contributed by atoms with Crippen LogP contribution in [-0.4, -0.2) is 73.4 Å². The lowest BCUT2D eigenvalue weighted by Gasteiger charge is -2.46. The van der Waals surface area contributed by atoms with Gasteiger partial charge in [-0.1, -0.05) is 6.92 Å². The average molecular weight is 404 g/mol. The SMILES string of the molecule is C[C@@H]1C(c2cn3cnc(C(=O)N(C)C)c3s2)=C(C(=O)O)N2C(=O)[C@H]([C@@H](C)O)[C@@H]12. The number of carboxylic acid groups (broad SMARTS) is 1. The van der Waals surface area contributed by atoms with E-state index in [4.69, 9.17) is 0 Å². The summed E-state index contributed by atoms with van der Waals surface area (Å²) < 4.78 is 1.69. The van der Waals surface area contributed by atoms with Gasteiger partial charge in [0.05, 0.1) is 22.9 Å². The molecule has 0 saturated carbocycles. The van der Waals surface area contributed by atoms with Crippen LogP contribution < -0.4 is 0 Å². The standard InChI is InChI=1S/C18H20N4O5S/c1-7-10(14(18(26)27)22-13(7)11(8(2)23)15(22)24)9-5-21-6-19-12(17(21)28-9)16(25)20(3)4/h5-8,11,13,23H,1-4H3,(H,26,27)/t7-,8-,11-,13-/m1/s1. The Morgan fingerprint density at radius 1 is 1.36 bits per heavy atom. The summed E-state index contributed by atoms with van der Waals surface area (Å²) in [6.07, 6.45) is 2.41. The Hall–Kier alpha value is -2.72. The minimum atomic E-state index is -1.18. The van der Waals surface area contributed by atoms with Crippen LogP contribution >= 0.6 is 11.3 Å². The van der Waals surface area contributed by atoms with Crippen molar-refractivity contribution in [1.29, 1.82) is 0 Å². The van der Waals surface area contributed by atoms with Gasteiger partial charge in [-0.05, 0) is 6.92 Å². The topological polar surface area (TPSA) is 115 Å². The number of aromatic nitrogens is 2. The zero-order valence-electron chi connectivity index (χ0n) is 15.8. The van der Waals surface area contributed by atoms with Crippen LogP contribution in [0.4, 0.5) is 0 Å². The molecule has 0 bridgehead atoms. The molecule has 28 heavy (non-hydrogen) atoms. The Kier molecular flexibility index (Phi) is 4.09. The van der Waals surface area contributed by atoms with Gasteiger partial charge in [0, 0.05) is 31.8 Å². The number of aliphatic hydroxyl groups is 1. The lowest BCUT2D eigenvalue weighted by Crippen LogP contribution is -2.63. The Bertz CT molecular complexity index is 1050. The summed E-state index contributed by atoms with van der Waals surface area (Å²) in [5.41, 5.74) is 0.800. The third-order valence-corrected chi connectivity index (χ3v) is 6.60. The zero-order valence-corrected chi connectivity index (χ0v) is 16.6. The summed E-state index contributed by atoms with van der Waals surface area (Å²) in [6.45, 7) is 3.41. The van der Waals surface area contributed by atoms with Crippen molar-refractivity contribution in [3.63, 3.8) is 0 Å². The molecule has 4 rings (SSSR count). The van der Waals surface area contributed by atoms with Crippen LogP contribution in [0.25, 0.3) is 10.4 Å². The number of fused-ring (bicyclic) bond motifs is 2. The Labute approximate surface area is 164 Å². The van der Waals surface area contributed by atoms with E-state index in [-0.39, 0.29) is 29.5 Å². The smallest absolute Gasteiger partial charge is 0.352 e. The van der Waals surface area contributed by atoms with E-state index in [1.807, 2.05) is 6.92 Å². The molecule has 2 N–H and O–H groups in total. The summed E-state index contributed by atoms with van der Waals surface area (Å²) in [5, 5.41) is 19.7. The van der Waals surface area contributed by atoms with Gasteiger partial charge in [0.25, 0.3) is 5.91 Å². The van der Waals surface area contributed by atoms with Crippen molar-refractivity contribution in [1.82, 2.24) is 19.2 Å². The number of β-lactam (4-membered cyclic amide) rings is 1. The van der Waals surface area contributed by atoms with Gasteiger partial charge >= 0.3 is 5.97 Å². The van der Waals surface area contributed by atoms with Gasteiger partial charge in [-0.2, -0.15) is 0 Å². The number of carbonyl (C=O) groups excluding carboxylic acids is 2. The maximum Gasteiger partial charge on any atom is 0.352 e. The van der Waals surface area contributed by atoms with Gasteiger partial charge in [0.2, 0.25) is 5.91 Å². The molecular formula is C18H20N4O5S. The van der Waals surface area contributed by atoms with Gasteiger partial charge in [0.1, 0.15) is 16.9 Å². The Morgan fingerprint density at radius 3 is 2.61 bits per heavy atom. The largest absolute Gasteiger partial charge is 0.477 e. The summed E-state index contributed by atoms with van der Waals surface area (Å²) >= 11 is 1.27. The first-order valence-electron chi connectivity index (χ1n) is 8.82. The maximum absolute atomic E-state index is 12.5. The molecule has 1 fully saturated rings. The van der Waals surface area contributed by atoms with E-state index >= 15 is 0 Å². The number of aliphatic carboxylic acids is 1. The van der Waals surface area contributed by atoms with Gasteiger partial charge in [-0.3, -0.25) is 14.0 Å². The first-order valence-corrected chi connectivity index (χ1v) is 9.63. The molecule has 0 radical (unpaired) electrons. The summed E-state index contributed by atoms with van der Waals surface area (Å²) in [6, 6.07) is -0.379. The number of hydrogen-bond donors (Lipinski definition) is 2. The first kappa shape index (κ1) is 18.6. The molecule has 2 amide bonds. The molecule has 4 atom stereocenters. The van der Waals surface area contributed by atoms with Crippen molar-refractivity contribution in [2.75, 3.05) is 14.1 Å². The highest BCUT2D eigenvalue weighted by molar-refractivity contribution is 7.18. The van der Waals surface area contributed by atoms with Gasteiger partial charge in [0.15, 0.2) is 5.69 Å². The van der Waals surface area contributed by atoms with E-state index in [9.17, 15) is 24.6 Å². The molecule has 2 aromatic heterocycles. The van der Waals surface area contributed by atoms with Gasteiger partial charge < -0.3 is 20.0 Å². The average Bonchev–Trinajstić information content (AvgIpc) is 3.23. The number of nitrogens with zero attached hydrogens (tertiary/aromatic N) is 4. The molecule has 2 aliphatic rings. The molecule has 9 nitrogen and oxygen atoms in total. The van der Waals surface area contributed by atoms with Gasteiger partial charge in [-0.25, -0.2) is 9.78 Å². The maximum atomic E-state index is 12.5. The van der Waals surface area contributed by atoms with Crippen molar-refractivity contribution in [3.05, 3.63) is 28.8 Å². The van der Waals surface area contributed by atoms with Crippen molar-refractivity contribution in [2.45, 2.75) is 26.0 Å². The van der Waals surface area contributed by atoms with E-state index in [1.54, 1.807) is 31.6 Å². The van der Waals surface area contributed by atoms with E-state index in [2.05, 4.69) is 4.98 Å². The number of rotatable bonds is 4. The normalized spacial score (nSPS) is 25.1. The molecule has 1 saturated heterocycles. The highest BCUT2D eigenvalue weighted by atomic mass is 32.1. The van der Waals surface area contributed by atoms with Crippen LogP contribution in [0, 0.1) is 11.8 Å². The second-order valence-corrected chi connectivity index (χ2v) is 8.45. The first-order chi connectivity index (χ1) is 13.1. The number of thiazole rings is 1. The summed E-state index contributed by atoms with van der Waals surface area (Å²) in [7, 11) is 3.28. The van der Waals surface area contributed by atoms with E-state index < -0.39 is 18.0 Å². The van der Waals surface area contributed by atoms with E-state index in [0.717, 1.165) is 0 Å². The highest BCUT2D eigenvalue weighted by Gasteiger charge is 2.60. The van der Waals surface area contributed by atoms with E-state index in [1.165, 1.54) is 27.5 Å². The molecule has 0 aliphatic carbocycles. The predicted octanol–water partition coefficient (Wildman–Crippen LogP) is 0.751. The second kappa shape index (κ2) is 6.14. The van der Waals surface area contributed by atoms with Gasteiger partial charge in [-0.15, -0.1) is 11.3 Å². The van der Waals surface area contributed by atoms with Crippen molar-refractivity contribution in [3.8, 4) is 0 Å². The fraction of sp³-hybridized carbons (Fsp3) is 0.444. The number of amides is 2. The number of hydrogen-bond acceptors (Lipinski definition) is 6. The minimum Gasteiger partial charge on any atom is -0.477 e. The molecule has 4 heterocycles. The van der Waals surface area contributed by atoms with Crippen LogP contribution in [0.15, 0.2) is 18.2 Å². The quantitative estimate of drug-likeness (QED) is 0.727. The molecule has 0 spiro atoms. The summed E-state index contributed by atoms with van der Waals surface area (Å²) in [5.74, 6) is -2.65. The molecular weight excluding hydrogens is 384 g/mol. The third kappa shape index (κ3) is 2.34. The molecule has 0 aromatic carbocycles. The third-order valence-electron chi connectivity index (χ3n) is 5.46. The van der Waals surface area contributed by atoms with Crippen LogP contribution in [0.2, 0.25) is 0 Å². The number of aliphatic hydroxyl groups excluding tert-OH is 1. The Morgan fingerprint density at radius 2 is 2.04 bits per heavy atom. The molecule has 148 valence electrons. The fourth-order valence-electron chi connectivity index (χ4n) is 4.18. The molecule has 2 aliphatic heterocycles.